The van der Waals surface area contributed by atoms with Crippen molar-refractivity contribution in [2.45, 2.75) is 12.8 Å². The molecule has 0 fully saturated rings. The van der Waals surface area contributed by atoms with Crippen LogP contribution in [0.5, 0.6) is 0 Å². The van der Waals surface area contributed by atoms with Crippen molar-refractivity contribution in [1.82, 2.24) is 0 Å². The summed E-state index contributed by atoms with van der Waals surface area (Å²) in [5, 5.41) is 0. The van der Waals surface area contributed by atoms with E-state index >= 15 is 0 Å². The van der Waals surface area contributed by atoms with Gasteiger partial charge in [-0.15, -0.1) is 0 Å². The fourth-order valence-corrected chi connectivity index (χ4v) is 1.50. The molecule has 0 aliphatic heterocycles. The predicted octanol–water partition coefficient (Wildman–Crippen LogP) is 2.01. The number of aryl methyl sites for hydroxylation is 1. The van der Waals surface area contributed by atoms with E-state index in [1.807, 2.05) is 18.2 Å². The monoisotopic (exact) mass is 158 g/mol. The molecule has 0 radical (unpaired) electrons. The number of allylic oxidation sites excluding steroid dienone is 1. The third-order valence-electron chi connectivity index (χ3n) is 2.13. The average molecular weight is 158 g/mol. The van der Waals surface area contributed by atoms with E-state index in [0.29, 0.717) is 0 Å². The van der Waals surface area contributed by atoms with E-state index in [1.54, 1.807) is 12.1 Å². The van der Waals surface area contributed by atoms with Gasteiger partial charge >= 0.3 is 0 Å². The van der Waals surface area contributed by atoms with Gasteiger partial charge in [-0.2, -0.15) is 0 Å². The average Bonchev–Trinajstić information content (AvgIpc) is 2.29. The Kier molecular flexibility index (Phi) is 1.78. The van der Waals surface area contributed by atoms with Crippen LogP contribution in [0.25, 0.3) is 6.08 Å². The van der Waals surface area contributed by atoms with Gasteiger partial charge in [-0.25, -0.2) is 0 Å². The Morgan fingerprint density at radius 2 is 2.00 bits per heavy atom. The van der Waals surface area contributed by atoms with Crippen LogP contribution < -0.4 is 5.43 Å². The fraction of sp³-hybridized carbons (Fsp3) is 0.182. The zero-order valence-corrected chi connectivity index (χ0v) is 6.79. The predicted molar refractivity (Wildman–Crippen MR) is 50.1 cm³/mol. The van der Waals surface area contributed by atoms with Crippen LogP contribution in [0.2, 0.25) is 0 Å². The Labute approximate surface area is 71.4 Å². The molecular weight excluding hydrogens is 148 g/mol. The highest BCUT2D eigenvalue weighted by Gasteiger charge is 2.04. The third-order valence-corrected chi connectivity index (χ3v) is 2.13. The molecule has 0 atom stereocenters. The highest BCUT2D eigenvalue weighted by atomic mass is 16.1. The van der Waals surface area contributed by atoms with Crippen LogP contribution in [0.3, 0.4) is 0 Å². The van der Waals surface area contributed by atoms with Crippen molar-refractivity contribution < 1.29 is 0 Å². The van der Waals surface area contributed by atoms with E-state index in [1.165, 1.54) is 5.56 Å². The molecule has 0 N–H and O–H groups in total. The second kappa shape index (κ2) is 2.94. The van der Waals surface area contributed by atoms with Gasteiger partial charge < -0.3 is 0 Å². The zero-order valence-electron chi connectivity index (χ0n) is 6.79. The molecule has 12 heavy (non-hydrogen) atoms. The second-order valence-corrected chi connectivity index (χ2v) is 2.96. The number of rotatable bonds is 0. The van der Waals surface area contributed by atoms with Gasteiger partial charge in [-0.05, 0) is 24.5 Å². The van der Waals surface area contributed by atoms with Crippen molar-refractivity contribution in [2.75, 3.05) is 0 Å². The Hall–Kier alpha value is -1.37. The molecule has 60 valence electrons. The van der Waals surface area contributed by atoms with Gasteiger partial charge in [-0.3, -0.25) is 4.79 Å². The van der Waals surface area contributed by atoms with Gasteiger partial charge in [0, 0.05) is 5.56 Å². The molecule has 1 aromatic rings. The molecular formula is C11H10O. The lowest BCUT2D eigenvalue weighted by Gasteiger charge is -2.04. The van der Waals surface area contributed by atoms with Crippen LogP contribution in [-0.4, -0.2) is 0 Å². The molecule has 1 aliphatic rings. The molecule has 0 heterocycles. The topological polar surface area (TPSA) is 17.1 Å². The lowest BCUT2D eigenvalue weighted by molar-refractivity contribution is 0.986. The van der Waals surface area contributed by atoms with E-state index in [4.69, 9.17) is 0 Å². The minimum absolute atomic E-state index is 0.131. The molecule has 2 rings (SSSR count). The van der Waals surface area contributed by atoms with Gasteiger partial charge in [0.1, 0.15) is 0 Å². The Morgan fingerprint density at radius 3 is 2.92 bits per heavy atom. The Balaban J connectivity index is 2.76. The van der Waals surface area contributed by atoms with Gasteiger partial charge in [0.2, 0.25) is 0 Å². The third kappa shape index (κ3) is 1.18. The lowest BCUT2D eigenvalue weighted by Crippen LogP contribution is -2.05. The summed E-state index contributed by atoms with van der Waals surface area (Å²) >= 11 is 0. The smallest absolute Gasteiger partial charge is 0.186 e. The van der Waals surface area contributed by atoms with Crippen molar-refractivity contribution in [2.24, 2.45) is 0 Å². The Bertz CT molecular complexity index is 377. The quantitative estimate of drug-likeness (QED) is 0.564. The van der Waals surface area contributed by atoms with Gasteiger partial charge in [0.15, 0.2) is 5.43 Å². The number of hydrogen-bond acceptors (Lipinski definition) is 1. The molecule has 0 amide bonds. The van der Waals surface area contributed by atoms with E-state index in [-0.39, 0.29) is 5.43 Å². The summed E-state index contributed by atoms with van der Waals surface area (Å²) in [7, 11) is 0. The van der Waals surface area contributed by atoms with Crippen LogP contribution in [-0.2, 0) is 6.42 Å². The molecule has 0 bridgehead atoms. The molecule has 1 nitrogen and oxygen atoms in total. The summed E-state index contributed by atoms with van der Waals surface area (Å²) in [6.07, 6.45) is 6.04. The summed E-state index contributed by atoms with van der Waals surface area (Å²) in [6.45, 7) is 0. The SMILES string of the molecule is O=c1ccccc2c1C=CCC2. The first-order valence-corrected chi connectivity index (χ1v) is 4.17. The van der Waals surface area contributed by atoms with Crippen molar-refractivity contribution in [3.8, 4) is 0 Å². The molecule has 0 unspecified atom stereocenters. The molecule has 1 aromatic carbocycles. The van der Waals surface area contributed by atoms with E-state index < -0.39 is 0 Å². The first kappa shape index (κ1) is 7.29. The summed E-state index contributed by atoms with van der Waals surface area (Å²) < 4.78 is 0. The van der Waals surface area contributed by atoms with E-state index in [2.05, 4.69) is 6.08 Å². The first-order chi connectivity index (χ1) is 5.88. The molecule has 1 aliphatic carbocycles. The molecule has 1 heteroatoms. The fourth-order valence-electron chi connectivity index (χ4n) is 1.50. The van der Waals surface area contributed by atoms with Gasteiger partial charge in [0.25, 0.3) is 0 Å². The summed E-state index contributed by atoms with van der Waals surface area (Å²) in [5.74, 6) is 0. The summed E-state index contributed by atoms with van der Waals surface area (Å²) in [4.78, 5) is 11.4. The van der Waals surface area contributed by atoms with E-state index in [9.17, 15) is 4.79 Å². The maximum absolute atomic E-state index is 11.4. The van der Waals surface area contributed by atoms with Crippen LogP contribution in [0.4, 0.5) is 0 Å². The Morgan fingerprint density at radius 1 is 1.17 bits per heavy atom. The molecule has 0 aromatic heterocycles. The van der Waals surface area contributed by atoms with Gasteiger partial charge in [-0.1, -0.05) is 30.4 Å². The van der Waals surface area contributed by atoms with Crippen molar-refractivity contribution >= 4 is 6.08 Å². The molecule has 0 saturated heterocycles. The standard InChI is InChI=1S/C11H10O/c12-11-8-4-2-6-9-5-1-3-7-10(9)11/h2-4,6-8H,1,5H2. The highest BCUT2D eigenvalue weighted by Crippen LogP contribution is 2.13. The summed E-state index contributed by atoms with van der Waals surface area (Å²) in [6, 6.07) is 7.38. The van der Waals surface area contributed by atoms with Crippen molar-refractivity contribution in [3.63, 3.8) is 0 Å². The highest BCUT2D eigenvalue weighted by molar-refractivity contribution is 5.55. The minimum Gasteiger partial charge on any atom is -0.289 e. The van der Waals surface area contributed by atoms with Crippen LogP contribution in [0.1, 0.15) is 17.5 Å². The normalized spacial score (nSPS) is 14.0. The number of hydrogen-bond donors (Lipinski definition) is 0. The van der Waals surface area contributed by atoms with Crippen LogP contribution >= 0.6 is 0 Å². The van der Waals surface area contributed by atoms with Crippen molar-refractivity contribution in [1.29, 1.82) is 0 Å². The first-order valence-electron chi connectivity index (χ1n) is 4.17. The maximum Gasteiger partial charge on any atom is 0.186 e. The van der Waals surface area contributed by atoms with Crippen LogP contribution in [0, 0.1) is 0 Å². The number of fused-ring (bicyclic) bond motifs is 1. The summed E-state index contributed by atoms with van der Waals surface area (Å²) in [5.41, 5.74) is 2.17. The zero-order chi connectivity index (χ0) is 8.39. The molecule has 0 saturated carbocycles. The minimum atomic E-state index is 0.131. The van der Waals surface area contributed by atoms with Crippen LogP contribution in [0.15, 0.2) is 35.1 Å². The van der Waals surface area contributed by atoms with E-state index in [0.717, 1.165) is 18.4 Å². The second-order valence-electron chi connectivity index (χ2n) is 2.96. The van der Waals surface area contributed by atoms with Crippen molar-refractivity contribution in [3.05, 3.63) is 51.7 Å². The van der Waals surface area contributed by atoms with Gasteiger partial charge in [0.05, 0.1) is 0 Å². The lowest BCUT2D eigenvalue weighted by atomic mass is 10.00. The largest absolute Gasteiger partial charge is 0.289 e. The molecule has 0 spiro atoms. The maximum atomic E-state index is 11.4.